The van der Waals surface area contributed by atoms with Gasteiger partial charge in [0.1, 0.15) is 4.99 Å². The van der Waals surface area contributed by atoms with Crippen molar-refractivity contribution in [2.24, 2.45) is 4.99 Å². The molecule has 0 bridgehead atoms. The van der Waals surface area contributed by atoms with Gasteiger partial charge in [-0.05, 0) is 12.5 Å². The molecular weight excluding hydrogens is 180 g/mol. The maximum Gasteiger partial charge on any atom is 0.153 e. The zero-order chi connectivity index (χ0) is 9.31. The van der Waals surface area contributed by atoms with Crippen molar-refractivity contribution in [1.29, 1.82) is 0 Å². The molecule has 1 heterocycles. The van der Waals surface area contributed by atoms with Crippen molar-refractivity contribution < 1.29 is 0 Å². The van der Waals surface area contributed by atoms with Crippen LogP contribution in [0.15, 0.2) is 35.3 Å². The Morgan fingerprint density at radius 3 is 2.54 bits per heavy atom. The molecule has 0 amide bonds. The van der Waals surface area contributed by atoms with Gasteiger partial charge < -0.3 is 5.32 Å². The standard InChI is InChI=1S/C10H10N2S/c1-10(11-7-9(13)12-10)8-5-3-2-4-6-8/h2-7H,1H3,(H,12,13). The lowest BCUT2D eigenvalue weighted by Gasteiger charge is -2.22. The van der Waals surface area contributed by atoms with Crippen molar-refractivity contribution >= 4 is 23.4 Å². The summed E-state index contributed by atoms with van der Waals surface area (Å²) in [6.45, 7) is 2.01. The van der Waals surface area contributed by atoms with Crippen molar-refractivity contribution in [2.45, 2.75) is 12.6 Å². The van der Waals surface area contributed by atoms with Gasteiger partial charge >= 0.3 is 0 Å². The molecule has 3 heteroatoms. The molecule has 0 spiro atoms. The van der Waals surface area contributed by atoms with Crippen LogP contribution in [-0.2, 0) is 5.66 Å². The molecule has 1 aromatic carbocycles. The third-order valence-electron chi connectivity index (χ3n) is 2.14. The highest BCUT2D eigenvalue weighted by Gasteiger charge is 2.28. The van der Waals surface area contributed by atoms with E-state index in [1.165, 1.54) is 0 Å². The summed E-state index contributed by atoms with van der Waals surface area (Å²) in [4.78, 5) is 5.04. The topological polar surface area (TPSA) is 24.4 Å². The molecule has 0 saturated heterocycles. The van der Waals surface area contributed by atoms with Gasteiger partial charge in [0.25, 0.3) is 0 Å². The lowest BCUT2D eigenvalue weighted by atomic mass is 10.0. The second kappa shape index (κ2) is 2.92. The molecule has 1 aliphatic rings. The van der Waals surface area contributed by atoms with Crippen molar-refractivity contribution in [3.8, 4) is 0 Å². The average molecular weight is 190 g/mol. The number of hydrogen-bond acceptors (Lipinski definition) is 2. The number of nitrogens with one attached hydrogen (secondary N) is 1. The van der Waals surface area contributed by atoms with Crippen molar-refractivity contribution in [2.75, 3.05) is 0 Å². The highest BCUT2D eigenvalue weighted by molar-refractivity contribution is 7.81. The van der Waals surface area contributed by atoms with Crippen LogP contribution in [0.25, 0.3) is 0 Å². The van der Waals surface area contributed by atoms with Gasteiger partial charge in [0.15, 0.2) is 5.66 Å². The molecule has 0 radical (unpaired) electrons. The monoisotopic (exact) mass is 190 g/mol. The fourth-order valence-electron chi connectivity index (χ4n) is 1.40. The van der Waals surface area contributed by atoms with Crippen LogP contribution in [0, 0.1) is 0 Å². The Kier molecular flexibility index (Phi) is 1.88. The van der Waals surface area contributed by atoms with Crippen LogP contribution in [-0.4, -0.2) is 11.2 Å². The van der Waals surface area contributed by atoms with Gasteiger partial charge in [0.05, 0.1) is 6.21 Å². The Balaban J connectivity index is 2.37. The highest BCUT2D eigenvalue weighted by Crippen LogP contribution is 2.24. The summed E-state index contributed by atoms with van der Waals surface area (Å²) in [7, 11) is 0. The van der Waals surface area contributed by atoms with Gasteiger partial charge in [-0.25, -0.2) is 0 Å². The SMILES string of the molecule is CC1(c2ccccc2)N=CC(=S)N1. The van der Waals surface area contributed by atoms with E-state index in [-0.39, 0.29) is 5.66 Å². The number of thiocarbonyl (C=S) groups is 1. The second-order valence-corrected chi connectivity index (χ2v) is 3.63. The van der Waals surface area contributed by atoms with Crippen LogP contribution in [0.1, 0.15) is 12.5 Å². The van der Waals surface area contributed by atoms with E-state index in [9.17, 15) is 0 Å². The zero-order valence-electron chi connectivity index (χ0n) is 7.32. The van der Waals surface area contributed by atoms with Crippen LogP contribution in [0.5, 0.6) is 0 Å². The Labute approximate surface area is 82.7 Å². The third kappa shape index (κ3) is 1.47. The molecule has 66 valence electrons. The first-order valence-electron chi connectivity index (χ1n) is 4.14. The fourth-order valence-corrected chi connectivity index (χ4v) is 1.65. The molecule has 1 N–H and O–H groups in total. The van der Waals surface area contributed by atoms with E-state index in [1.54, 1.807) is 6.21 Å². The average Bonchev–Trinajstić information content (AvgIpc) is 2.49. The predicted molar refractivity (Wildman–Crippen MR) is 58.0 cm³/mol. The predicted octanol–water partition coefficient (Wildman–Crippen LogP) is 1.86. The molecule has 0 aliphatic carbocycles. The summed E-state index contributed by atoms with van der Waals surface area (Å²) in [5, 5.41) is 3.16. The van der Waals surface area contributed by atoms with E-state index in [0.717, 1.165) is 5.56 Å². The molecule has 1 atom stereocenters. The molecule has 0 saturated carbocycles. The lowest BCUT2D eigenvalue weighted by Crippen LogP contribution is -2.35. The fraction of sp³-hybridized carbons (Fsp3) is 0.200. The van der Waals surface area contributed by atoms with Gasteiger partial charge in [-0.1, -0.05) is 42.5 Å². The number of rotatable bonds is 1. The third-order valence-corrected chi connectivity index (χ3v) is 2.35. The van der Waals surface area contributed by atoms with E-state index >= 15 is 0 Å². The quantitative estimate of drug-likeness (QED) is 0.684. The maximum atomic E-state index is 5.01. The normalized spacial score (nSPS) is 26.1. The van der Waals surface area contributed by atoms with E-state index in [2.05, 4.69) is 10.3 Å². The minimum Gasteiger partial charge on any atom is -0.348 e. The summed E-state index contributed by atoms with van der Waals surface area (Å²) in [5.74, 6) is 0. The van der Waals surface area contributed by atoms with Crippen LogP contribution >= 0.6 is 12.2 Å². The summed E-state index contributed by atoms with van der Waals surface area (Å²) in [6, 6.07) is 10.1. The van der Waals surface area contributed by atoms with E-state index < -0.39 is 0 Å². The Hall–Kier alpha value is -1.22. The summed E-state index contributed by atoms with van der Waals surface area (Å²) in [6.07, 6.45) is 1.70. The minimum absolute atomic E-state index is 0.363. The number of benzene rings is 1. The number of aliphatic imine (C=N–C) groups is 1. The van der Waals surface area contributed by atoms with Crippen LogP contribution in [0.2, 0.25) is 0 Å². The van der Waals surface area contributed by atoms with E-state index in [0.29, 0.717) is 4.99 Å². The Morgan fingerprint density at radius 2 is 2.00 bits per heavy atom. The van der Waals surface area contributed by atoms with Gasteiger partial charge in [0.2, 0.25) is 0 Å². The van der Waals surface area contributed by atoms with Crippen LogP contribution < -0.4 is 5.32 Å². The zero-order valence-corrected chi connectivity index (χ0v) is 8.14. The summed E-state index contributed by atoms with van der Waals surface area (Å²) >= 11 is 5.01. The molecule has 13 heavy (non-hydrogen) atoms. The maximum absolute atomic E-state index is 5.01. The minimum atomic E-state index is -0.363. The molecule has 0 aromatic heterocycles. The molecule has 0 fully saturated rings. The van der Waals surface area contributed by atoms with E-state index in [1.807, 2.05) is 37.3 Å². The van der Waals surface area contributed by atoms with Gasteiger partial charge in [0, 0.05) is 0 Å². The smallest absolute Gasteiger partial charge is 0.153 e. The van der Waals surface area contributed by atoms with E-state index in [4.69, 9.17) is 12.2 Å². The Bertz CT molecular complexity index is 358. The molecule has 2 nitrogen and oxygen atoms in total. The molecule has 1 aromatic rings. The highest BCUT2D eigenvalue weighted by atomic mass is 32.1. The first-order chi connectivity index (χ1) is 6.21. The molecular formula is C10H10N2S. The van der Waals surface area contributed by atoms with Gasteiger partial charge in [-0.15, -0.1) is 0 Å². The van der Waals surface area contributed by atoms with Gasteiger partial charge in [-0.2, -0.15) is 0 Å². The summed E-state index contributed by atoms with van der Waals surface area (Å²) < 4.78 is 0. The lowest BCUT2D eigenvalue weighted by molar-refractivity contribution is 0.481. The van der Waals surface area contributed by atoms with Crippen molar-refractivity contribution in [3.05, 3.63) is 35.9 Å². The van der Waals surface area contributed by atoms with Crippen molar-refractivity contribution in [3.63, 3.8) is 0 Å². The summed E-state index contributed by atoms with van der Waals surface area (Å²) in [5.41, 5.74) is 0.768. The molecule has 1 unspecified atom stereocenters. The number of nitrogens with zero attached hydrogens (tertiary/aromatic N) is 1. The number of hydrogen-bond donors (Lipinski definition) is 1. The Morgan fingerprint density at radius 1 is 1.31 bits per heavy atom. The van der Waals surface area contributed by atoms with Crippen LogP contribution in [0.3, 0.4) is 0 Å². The second-order valence-electron chi connectivity index (χ2n) is 3.19. The largest absolute Gasteiger partial charge is 0.348 e. The first-order valence-corrected chi connectivity index (χ1v) is 4.54. The molecule has 2 rings (SSSR count). The first kappa shape index (κ1) is 8.38. The van der Waals surface area contributed by atoms with Crippen molar-refractivity contribution in [1.82, 2.24) is 5.32 Å². The molecule has 1 aliphatic heterocycles. The van der Waals surface area contributed by atoms with Gasteiger partial charge in [-0.3, -0.25) is 4.99 Å². The van der Waals surface area contributed by atoms with Crippen LogP contribution in [0.4, 0.5) is 0 Å².